The highest BCUT2D eigenvalue weighted by Crippen LogP contribution is 2.11. The molecule has 1 fully saturated rings. The van der Waals surface area contributed by atoms with Crippen molar-refractivity contribution in [1.29, 1.82) is 0 Å². The number of aromatic nitrogens is 1. The van der Waals surface area contributed by atoms with Crippen molar-refractivity contribution in [2.75, 3.05) is 19.6 Å². The first-order chi connectivity index (χ1) is 9.22. The fraction of sp³-hybridized carbons (Fsp3) is 0.600. The third-order valence-corrected chi connectivity index (χ3v) is 3.59. The Labute approximate surface area is 115 Å². The number of likely N-dealkylation sites (tertiary alicyclic amines) is 1. The Morgan fingerprint density at radius 3 is 3.11 bits per heavy atom. The Morgan fingerprint density at radius 1 is 1.53 bits per heavy atom. The summed E-state index contributed by atoms with van der Waals surface area (Å²) in [6.07, 6.45) is 4.79. The summed E-state index contributed by atoms with van der Waals surface area (Å²) in [5, 5.41) is 3.13. The molecule has 1 aromatic rings. The third kappa shape index (κ3) is 3.77. The molecule has 0 aromatic carbocycles. The van der Waals surface area contributed by atoms with Gasteiger partial charge in [-0.3, -0.25) is 9.78 Å². The molecular weight excluding hydrogens is 238 g/mol. The van der Waals surface area contributed by atoms with E-state index in [2.05, 4.69) is 22.1 Å². The maximum atomic E-state index is 12.2. The zero-order valence-corrected chi connectivity index (χ0v) is 11.9. The Morgan fingerprint density at radius 2 is 2.37 bits per heavy atom. The van der Waals surface area contributed by atoms with E-state index in [1.807, 2.05) is 13.0 Å². The van der Waals surface area contributed by atoms with E-state index in [0.717, 1.165) is 43.7 Å². The predicted octanol–water partition coefficient (Wildman–Crippen LogP) is 1.86. The second-order valence-corrected chi connectivity index (χ2v) is 5.15. The van der Waals surface area contributed by atoms with Crippen molar-refractivity contribution < 1.29 is 4.79 Å². The second kappa shape index (κ2) is 6.66. The lowest BCUT2D eigenvalue weighted by molar-refractivity contribution is 0.0937. The molecule has 104 valence electrons. The number of hydrogen-bond donors (Lipinski definition) is 1. The predicted molar refractivity (Wildman–Crippen MR) is 76.2 cm³/mol. The van der Waals surface area contributed by atoms with E-state index < -0.39 is 0 Å². The van der Waals surface area contributed by atoms with Crippen molar-refractivity contribution in [2.24, 2.45) is 0 Å². The van der Waals surface area contributed by atoms with Gasteiger partial charge in [-0.25, -0.2) is 0 Å². The Hall–Kier alpha value is -1.42. The monoisotopic (exact) mass is 261 g/mol. The summed E-state index contributed by atoms with van der Waals surface area (Å²) in [4.78, 5) is 18.8. The number of hydrogen-bond acceptors (Lipinski definition) is 3. The van der Waals surface area contributed by atoms with Crippen LogP contribution in [0.4, 0.5) is 0 Å². The van der Waals surface area contributed by atoms with E-state index in [0.29, 0.717) is 0 Å². The molecule has 0 spiro atoms. The van der Waals surface area contributed by atoms with Crippen molar-refractivity contribution in [2.45, 2.75) is 39.2 Å². The summed E-state index contributed by atoms with van der Waals surface area (Å²) in [7, 11) is 0. The number of aryl methyl sites for hydroxylation is 1. The zero-order valence-electron chi connectivity index (χ0n) is 11.9. The van der Waals surface area contributed by atoms with Gasteiger partial charge in [-0.1, -0.05) is 13.8 Å². The van der Waals surface area contributed by atoms with Crippen LogP contribution in [-0.2, 0) is 6.42 Å². The van der Waals surface area contributed by atoms with Gasteiger partial charge >= 0.3 is 0 Å². The van der Waals surface area contributed by atoms with Gasteiger partial charge in [0.1, 0.15) is 0 Å². The lowest BCUT2D eigenvalue weighted by Gasteiger charge is -2.15. The van der Waals surface area contributed by atoms with Gasteiger partial charge in [-0.15, -0.1) is 0 Å². The van der Waals surface area contributed by atoms with E-state index >= 15 is 0 Å². The minimum atomic E-state index is 0.0282. The van der Waals surface area contributed by atoms with Crippen LogP contribution in [0.5, 0.6) is 0 Å². The van der Waals surface area contributed by atoms with Gasteiger partial charge < -0.3 is 10.2 Å². The molecule has 1 N–H and O–H groups in total. The van der Waals surface area contributed by atoms with E-state index in [4.69, 9.17) is 0 Å². The topological polar surface area (TPSA) is 45.2 Å². The molecule has 2 heterocycles. The van der Waals surface area contributed by atoms with Crippen LogP contribution in [0.15, 0.2) is 18.3 Å². The summed E-state index contributed by atoms with van der Waals surface area (Å²) in [6.45, 7) is 7.43. The number of carbonyl (C=O) groups excluding carboxylic acids is 1. The minimum absolute atomic E-state index is 0.0282. The molecular formula is C15H23N3O. The first kappa shape index (κ1) is 14.0. The van der Waals surface area contributed by atoms with Gasteiger partial charge in [0.2, 0.25) is 0 Å². The van der Waals surface area contributed by atoms with Crippen LogP contribution in [0.1, 0.15) is 42.7 Å². The van der Waals surface area contributed by atoms with Gasteiger partial charge in [0.25, 0.3) is 5.91 Å². The normalized spacial score (nSPS) is 19.6. The Balaban J connectivity index is 1.90. The summed E-state index contributed by atoms with van der Waals surface area (Å²) in [5.74, 6) is 0.0282. The summed E-state index contributed by atoms with van der Waals surface area (Å²) in [6, 6.07) is 3.96. The molecule has 4 heteroatoms. The quantitative estimate of drug-likeness (QED) is 0.880. The van der Waals surface area contributed by atoms with E-state index in [1.54, 1.807) is 12.3 Å². The van der Waals surface area contributed by atoms with Gasteiger partial charge in [0.05, 0.1) is 0 Å². The van der Waals surface area contributed by atoms with Crippen molar-refractivity contribution in [3.05, 3.63) is 29.6 Å². The third-order valence-electron chi connectivity index (χ3n) is 3.59. The average Bonchev–Trinajstić information content (AvgIpc) is 2.86. The Bertz CT molecular complexity index is 433. The van der Waals surface area contributed by atoms with Gasteiger partial charge in [-0.05, 0) is 37.9 Å². The molecule has 0 saturated carbocycles. The number of nitrogens with zero attached hydrogens (tertiary/aromatic N) is 2. The number of amides is 1. The zero-order chi connectivity index (χ0) is 13.7. The van der Waals surface area contributed by atoms with E-state index in [9.17, 15) is 4.79 Å². The number of nitrogens with one attached hydrogen (secondary N) is 1. The molecule has 0 radical (unpaired) electrons. The lowest BCUT2D eigenvalue weighted by atomic mass is 10.1. The smallest absolute Gasteiger partial charge is 0.251 e. The maximum Gasteiger partial charge on any atom is 0.251 e. The molecule has 2 rings (SSSR count). The molecule has 0 bridgehead atoms. The van der Waals surface area contributed by atoms with Gasteiger partial charge in [-0.2, -0.15) is 0 Å². The van der Waals surface area contributed by atoms with Crippen molar-refractivity contribution in [1.82, 2.24) is 15.2 Å². The standard InChI is InChI=1S/C15H23N3O/c1-3-8-18-9-6-14(11-18)17-15(19)12-5-7-16-13(4-2)10-12/h5,7,10,14H,3-4,6,8-9,11H2,1-2H3,(H,17,19). The molecule has 4 nitrogen and oxygen atoms in total. The molecule has 1 atom stereocenters. The molecule has 1 aromatic heterocycles. The van der Waals surface area contributed by atoms with Crippen molar-refractivity contribution in [3.63, 3.8) is 0 Å². The first-order valence-electron chi connectivity index (χ1n) is 7.21. The second-order valence-electron chi connectivity index (χ2n) is 5.15. The number of carbonyl (C=O) groups is 1. The first-order valence-corrected chi connectivity index (χ1v) is 7.21. The summed E-state index contributed by atoms with van der Waals surface area (Å²) in [5.41, 5.74) is 1.69. The Kier molecular flexibility index (Phi) is 4.91. The average molecular weight is 261 g/mol. The molecule has 0 aliphatic carbocycles. The molecule has 1 saturated heterocycles. The highest BCUT2D eigenvalue weighted by Gasteiger charge is 2.23. The molecule has 1 amide bonds. The summed E-state index contributed by atoms with van der Waals surface area (Å²) < 4.78 is 0. The molecule has 1 aliphatic heterocycles. The van der Waals surface area contributed by atoms with Crippen LogP contribution in [0.25, 0.3) is 0 Å². The molecule has 19 heavy (non-hydrogen) atoms. The van der Waals surface area contributed by atoms with Crippen LogP contribution in [-0.4, -0.2) is 41.5 Å². The van der Waals surface area contributed by atoms with Crippen molar-refractivity contribution in [3.8, 4) is 0 Å². The van der Waals surface area contributed by atoms with Crippen LogP contribution < -0.4 is 5.32 Å². The van der Waals surface area contributed by atoms with E-state index in [-0.39, 0.29) is 11.9 Å². The minimum Gasteiger partial charge on any atom is -0.348 e. The maximum absolute atomic E-state index is 12.2. The molecule has 1 unspecified atom stereocenters. The summed E-state index contributed by atoms with van der Waals surface area (Å²) >= 11 is 0. The van der Waals surface area contributed by atoms with Crippen LogP contribution in [0, 0.1) is 0 Å². The highest BCUT2D eigenvalue weighted by atomic mass is 16.1. The largest absolute Gasteiger partial charge is 0.348 e. The number of pyridine rings is 1. The van der Waals surface area contributed by atoms with Crippen LogP contribution in [0.2, 0.25) is 0 Å². The lowest BCUT2D eigenvalue weighted by Crippen LogP contribution is -2.37. The SMILES string of the molecule is CCCN1CCC(NC(=O)c2ccnc(CC)c2)C1. The van der Waals surface area contributed by atoms with Gasteiger partial charge in [0, 0.05) is 36.6 Å². The van der Waals surface area contributed by atoms with E-state index in [1.165, 1.54) is 6.42 Å². The highest BCUT2D eigenvalue weighted by molar-refractivity contribution is 5.94. The van der Waals surface area contributed by atoms with Gasteiger partial charge in [0.15, 0.2) is 0 Å². The molecule has 1 aliphatic rings. The van der Waals surface area contributed by atoms with Crippen molar-refractivity contribution >= 4 is 5.91 Å². The fourth-order valence-corrected chi connectivity index (χ4v) is 2.55. The fourth-order valence-electron chi connectivity index (χ4n) is 2.55. The number of rotatable bonds is 5. The van der Waals surface area contributed by atoms with Crippen LogP contribution in [0.3, 0.4) is 0 Å². The van der Waals surface area contributed by atoms with Crippen LogP contribution >= 0.6 is 0 Å².